The number of amides is 2. The summed E-state index contributed by atoms with van der Waals surface area (Å²) in [5, 5.41) is 3.06. The van der Waals surface area contributed by atoms with Gasteiger partial charge in [0.2, 0.25) is 5.91 Å². The highest BCUT2D eigenvalue weighted by molar-refractivity contribution is 5.88. The zero-order valence-electron chi connectivity index (χ0n) is 17.6. The first-order chi connectivity index (χ1) is 14.5. The molecule has 1 N–H and O–H groups in total. The van der Waals surface area contributed by atoms with Gasteiger partial charge in [-0.2, -0.15) is 0 Å². The third kappa shape index (κ3) is 5.59. The first-order valence-electron chi connectivity index (χ1n) is 10.5. The minimum absolute atomic E-state index is 0.0183. The van der Waals surface area contributed by atoms with Crippen LogP contribution in [-0.4, -0.2) is 35.4 Å². The molecule has 1 aliphatic carbocycles. The van der Waals surface area contributed by atoms with Crippen LogP contribution in [-0.2, 0) is 16.1 Å². The summed E-state index contributed by atoms with van der Waals surface area (Å²) in [4.78, 5) is 27.4. The van der Waals surface area contributed by atoms with Crippen molar-refractivity contribution in [3.63, 3.8) is 0 Å². The van der Waals surface area contributed by atoms with Crippen molar-refractivity contribution in [3.05, 3.63) is 65.5 Å². The molecule has 0 bridgehead atoms. The molecule has 0 saturated heterocycles. The van der Waals surface area contributed by atoms with Crippen LogP contribution in [0.15, 0.2) is 48.5 Å². The number of aryl methyl sites for hydroxylation is 1. The van der Waals surface area contributed by atoms with Gasteiger partial charge in [0.15, 0.2) is 18.2 Å². The Kier molecular flexibility index (Phi) is 7.44. The summed E-state index contributed by atoms with van der Waals surface area (Å²) >= 11 is 0. The van der Waals surface area contributed by atoms with E-state index in [9.17, 15) is 14.0 Å². The lowest BCUT2D eigenvalue weighted by Gasteiger charge is -2.30. The monoisotopic (exact) mass is 412 g/mol. The maximum absolute atomic E-state index is 13.8. The van der Waals surface area contributed by atoms with E-state index in [-0.39, 0.29) is 36.8 Å². The maximum Gasteiger partial charge on any atom is 0.261 e. The van der Waals surface area contributed by atoms with Crippen LogP contribution in [0.25, 0.3) is 0 Å². The topological polar surface area (TPSA) is 58.6 Å². The molecule has 0 aromatic heterocycles. The third-order valence-corrected chi connectivity index (χ3v) is 5.66. The summed E-state index contributed by atoms with van der Waals surface area (Å²) in [6.07, 6.45) is 4.17. The van der Waals surface area contributed by atoms with E-state index >= 15 is 0 Å². The second kappa shape index (κ2) is 10.2. The van der Waals surface area contributed by atoms with Gasteiger partial charge in [-0.15, -0.1) is 0 Å². The number of nitrogens with zero attached hydrogens (tertiary/aromatic N) is 1. The van der Waals surface area contributed by atoms with Gasteiger partial charge >= 0.3 is 0 Å². The van der Waals surface area contributed by atoms with Crippen molar-refractivity contribution in [2.45, 2.75) is 58.2 Å². The van der Waals surface area contributed by atoms with E-state index in [1.807, 2.05) is 31.2 Å². The molecule has 0 aliphatic heterocycles. The van der Waals surface area contributed by atoms with Gasteiger partial charge < -0.3 is 15.0 Å². The molecule has 0 unspecified atom stereocenters. The van der Waals surface area contributed by atoms with Gasteiger partial charge in [0.1, 0.15) is 6.04 Å². The molecule has 6 heteroatoms. The number of hydrogen-bond donors (Lipinski definition) is 1. The SMILES string of the molecule is Cc1ccccc1CN(C(=O)COc1ccccc1F)[C@H](C)C(=O)NC1CCCC1. The highest BCUT2D eigenvalue weighted by Crippen LogP contribution is 2.20. The van der Waals surface area contributed by atoms with Crippen molar-refractivity contribution >= 4 is 11.8 Å². The zero-order valence-corrected chi connectivity index (χ0v) is 17.6. The van der Waals surface area contributed by atoms with Crippen LogP contribution in [0.2, 0.25) is 0 Å². The largest absolute Gasteiger partial charge is 0.481 e. The Balaban J connectivity index is 1.73. The Morgan fingerprint density at radius 1 is 1.13 bits per heavy atom. The van der Waals surface area contributed by atoms with Gasteiger partial charge in [-0.1, -0.05) is 49.2 Å². The summed E-state index contributed by atoms with van der Waals surface area (Å²) < 4.78 is 19.3. The van der Waals surface area contributed by atoms with Gasteiger partial charge in [0.05, 0.1) is 0 Å². The van der Waals surface area contributed by atoms with Crippen LogP contribution in [0, 0.1) is 12.7 Å². The first kappa shape index (κ1) is 21.8. The molecule has 1 aliphatic rings. The van der Waals surface area contributed by atoms with Crippen LogP contribution < -0.4 is 10.1 Å². The standard InChI is InChI=1S/C24H29FN2O3/c1-17-9-3-4-10-19(17)15-27(18(2)24(29)26-20-11-5-6-12-20)23(28)16-30-22-14-8-7-13-21(22)25/h3-4,7-10,13-14,18,20H,5-6,11-12,15-16H2,1-2H3,(H,26,29)/t18-/m1/s1. The maximum atomic E-state index is 13.8. The molecular weight excluding hydrogens is 383 g/mol. The van der Waals surface area contributed by atoms with E-state index in [0.29, 0.717) is 0 Å². The zero-order chi connectivity index (χ0) is 21.5. The quantitative estimate of drug-likeness (QED) is 0.713. The Morgan fingerprint density at radius 3 is 2.50 bits per heavy atom. The molecule has 5 nitrogen and oxygen atoms in total. The molecular formula is C24H29FN2O3. The van der Waals surface area contributed by atoms with E-state index in [2.05, 4.69) is 5.32 Å². The van der Waals surface area contributed by atoms with Crippen LogP contribution >= 0.6 is 0 Å². The predicted octanol–water partition coefficient (Wildman–Crippen LogP) is 3.99. The van der Waals surface area contributed by atoms with E-state index < -0.39 is 11.9 Å². The summed E-state index contributed by atoms with van der Waals surface area (Å²) in [7, 11) is 0. The number of carbonyl (C=O) groups is 2. The number of hydrogen-bond acceptors (Lipinski definition) is 3. The van der Waals surface area contributed by atoms with Crippen LogP contribution in [0.4, 0.5) is 4.39 Å². The first-order valence-corrected chi connectivity index (χ1v) is 10.5. The smallest absolute Gasteiger partial charge is 0.261 e. The minimum Gasteiger partial charge on any atom is -0.481 e. The molecule has 2 aromatic carbocycles. The molecule has 0 heterocycles. The Bertz CT molecular complexity index is 880. The molecule has 160 valence electrons. The lowest BCUT2D eigenvalue weighted by atomic mass is 10.1. The van der Waals surface area contributed by atoms with E-state index in [1.54, 1.807) is 19.1 Å². The predicted molar refractivity (Wildman–Crippen MR) is 113 cm³/mol. The van der Waals surface area contributed by atoms with Gasteiger partial charge in [0, 0.05) is 12.6 Å². The molecule has 1 atom stereocenters. The van der Waals surface area contributed by atoms with Crippen LogP contribution in [0.5, 0.6) is 5.75 Å². The number of benzene rings is 2. The van der Waals surface area contributed by atoms with Crippen molar-refractivity contribution in [1.82, 2.24) is 10.2 Å². The van der Waals surface area contributed by atoms with E-state index in [0.717, 1.165) is 36.8 Å². The summed E-state index contributed by atoms with van der Waals surface area (Å²) in [6, 6.07) is 13.2. The van der Waals surface area contributed by atoms with Gasteiger partial charge in [0.25, 0.3) is 5.91 Å². The number of carbonyl (C=O) groups excluding carboxylic acids is 2. The molecule has 0 spiro atoms. The fourth-order valence-electron chi connectivity index (χ4n) is 3.73. The average Bonchev–Trinajstić information content (AvgIpc) is 3.25. The van der Waals surface area contributed by atoms with Gasteiger partial charge in [-0.3, -0.25) is 9.59 Å². The molecule has 0 radical (unpaired) electrons. The highest BCUT2D eigenvalue weighted by atomic mass is 19.1. The number of ether oxygens (including phenoxy) is 1. The van der Waals surface area contributed by atoms with Crippen molar-refractivity contribution in [2.24, 2.45) is 0 Å². The van der Waals surface area contributed by atoms with Crippen molar-refractivity contribution in [1.29, 1.82) is 0 Å². The second-order valence-corrected chi connectivity index (χ2v) is 7.83. The Hall–Kier alpha value is -2.89. The molecule has 3 rings (SSSR count). The minimum atomic E-state index is -0.665. The summed E-state index contributed by atoms with van der Waals surface area (Å²) in [5.74, 6) is -1.04. The number of halogens is 1. The Labute approximate surface area is 177 Å². The summed E-state index contributed by atoms with van der Waals surface area (Å²) in [6.45, 7) is 3.64. The molecule has 2 amide bonds. The average molecular weight is 413 g/mol. The fraction of sp³-hybridized carbons (Fsp3) is 0.417. The van der Waals surface area contributed by atoms with Crippen molar-refractivity contribution < 1.29 is 18.7 Å². The van der Waals surface area contributed by atoms with Crippen molar-refractivity contribution in [2.75, 3.05) is 6.61 Å². The number of para-hydroxylation sites is 1. The van der Waals surface area contributed by atoms with E-state index in [1.165, 1.54) is 17.0 Å². The van der Waals surface area contributed by atoms with Crippen LogP contribution in [0.1, 0.15) is 43.7 Å². The number of rotatable bonds is 8. The van der Waals surface area contributed by atoms with Crippen molar-refractivity contribution in [3.8, 4) is 5.75 Å². The lowest BCUT2D eigenvalue weighted by Crippen LogP contribution is -2.50. The molecule has 1 saturated carbocycles. The third-order valence-electron chi connectivity index (χ3n) is 5.66. The Morgan fingerprint density at radius 2 is 1.80 bits per heavy atom. The normalized spacial score (nSPS) is 14.9. The lowest BCUT2D eigenvalue weighted by molar-refractivity contribution is -0.142. The van der Waals surface area contributed by atoms with Gasteiger partial charge in [-0.25, -0.2) is 4.39 Å². The van der Waals surface area contributed by atoms with E-state index in [4.69, 9.17) is 4.74 Å². The molecule has 2 aromatic rings. The van der Waals surface area contributed by atoms with Crippen LogP contribution in [0.3, 0.4) is 0 Å². The molecule has 1 fully saturated rings. The molecule has 30 heavy (non-hydrogen) atoms. The summed E-state index contributed by atoms with van der Waals surface area (Å²) in [5.41, 5.74) is 1.99. The second-order valence-electron chi connectivity index (χ2n) is 7.83. The van der Waals surface area contributed by atoms with Gasteiger partial charge in [-0.05, 0) is 49.9 Å². The highest BCUT2D eigenvalue weighted by Gasteiger charge is 2.29. The fourth-order valence-corrected chi connectivity index (χ4v) is 3.73. The number of nitrogens with one attached hydrogen (secondary N) is 1.